The highest BCUT2D eigenvalue weighted by molar-refractivity contribution is 7.17. The van der Waals surface area contributed by atoms with Crippen LogP contribution in [0.4, 0.5) is 4.39 Å². The van der Waals surface area contributed by atoms with Crippen molar-refractivity contribution in [2.24, 2.45) is 0 Å². The summed E-state index contributed by atoms with van der Waals surface area (Å²) in [6.45, 7) is -0.161. The number of rotatable bonds is 5. The Hall–Kier alpha value is -3.32. The molecule has 0 atom stereocenters. The normalized spacial score (nSPS) is 10.9. The zero-order valence-corrected chi connectivity index (χ0v) is 15.7. The Kier molecular flexibility index (Phi) is 4.75. The van der Waals surface area contributed by atoms with E-state index in [1.165, 1.54) is 46.5 Å². The zero-order chi connectivity index (χ0) is 19.7. The van der Waals surface area contributed by atoms with Crippen molar-refractivity contribution in [1.82, 2.24) is 9.55 Å². The summed E-state index contributed by atoms with van der Waals surface area (Å²) in [6.07, 6.45) is 1.38. The van der Waals surface area contributed by atoms with Crippen molar-refractivity contribution < 1.29 is 13.9 Å². The standard InChI is InChI=1S/C21H15FN2O3S/c1-27-16-8-4-13(5-9-16)17-11-28-20-19(17)21(26)24(12-23-20)10-18(25)14-2-6-15(22)7-3-14/h2-9,11-12H,10H2,1H3. The maximum absolute atomic E-state index is 13.1. The van der Waals surface area contributed by atoms with Crippen molar-refractivity contribution in [2.45, 2.75) is 6.54 Å². The molecule has 0 bridgehead atoms. The Morgan fingerprint density at radius 3 is 2.54 bits per heavy atom. The number of halogens is 1. The van der Waals surface area contributed by atoms with E-state index in [2.05, 4.69) is 4.98 Å². The molecule has 28 heavy (non-hydrogen) atoms. The summed E-state index contributed by atoms with van der Waals surface area (Å²) in [5.74, 6) is 0.0207. The van der Waals surface area contributed by atoms with E-state index in [1.807, 2.05) is 29.6 Å². The van der Waals surface area contributed by atoms with Crippen molar-refractivity contribution >= 4 is 27.3 Å². The van der Waals surface area contributed by atoms with Gasteiger partial charge < -0.3 is 4.74 Å². The van der Waals surface area contributed by atoms with Crippen molar-refractivity contribution in [3.05, 3.63) is 82.0 Å². The van der Waals surface area contributed by atoms with E-state index in [-0.39, 0.29) is 17.9 Å². The number of benzene rings is 2. The fourth-order valence-electron chi connectivity index (χ4n) is 2.94. The molecule has 0 aliphatic carbocycles. The first-order chi connectivity index (χ1) is 13.6. The molecule has 7 heteroatoms. The number of Topliss-reactive ketones (excluding diaryl/α,β-unsaturated/α-hetero) is 1. The number of fused-ring (bicyclic) bond motifs is 1. The third-order valence-electron chi connectivity index (χ3n) is 4.44. The molecule has 0 aliphatic heterocycles. The summed E-state index contributed by atoms with van der Waals surface area (Å²) in [5, 5.41) is 2.36. The van der Waals surface area contributed by atoms with Gasteiger partial charge >= 0.3 is 0 Å². The van der Waals surface area contributed by atoms with Gasteiger partial charge in [-0.2, -0.15) is 0 Å². The van der Waals surface area contributed by atoms with E-state index in [1.54, 1.807) is 7.11 Å². The lowest BCUT2D eigenvalue weighted by atomic mass is 10.1. The van der Waals surface area contributed by atoms with Gasteiger partial charge in [0.15, 0.2) is 5.78 Å². The molecular formula is C21H15FN2O3S. The molecule has 140 valence electrons. The van der Waals surface area contributed by atoms with Crippen LogP contribution in [0.2, 0.25) is 0 Å². The SMILES string of the molecule is COc1ccc(-c2csc3ncn(CC(=O)c4ccc(F)cc4)c(=O)c23)cc1. The summed E-state index contributed by atoms with van der Waals surface area (Å²) >= 11 is 1.38. The number of carbonyl (C=O) groups is 1. The molecule has 0 radical (unpaired) electrons. The Morgan fingerprint density at radius 2 is 1.86 bits per heavy atom. The molecule has 2 heterocycles. The monoisotopic (exact) mass is 394 g/mol. The van der Waals surface area contributed by atoms with Gasteiger partial charge in [0.1, 0.15) is 16.4 Å². The van der Waals surface area contributed by atoms with E-state index >= 15 is 0 Å². The highest BCUT2D eigenvalue weighted by Crippen LogP contribution is 2.31. The molecule has 2 aromatic heterocycles. The van der Waals surface area contributed by atoms with E-state index in [0.29, 0.717) is 15.8 Å². The van der Waals surface area contributed by atoms with Crippen LogP contribution >= 0.6 is 11.3 Å². The van der Waals surface area contributed by atoms with Gasteiger partial charge in [-0.05, 0) is 42.0 Å². The number of methoxy groups -OCH3 is 1. The lowest BCUT2D eigenvalue weighted by Crippen LogP contribution is -2.24. The molecular weight excluding hydrogens is 379 g/mol. The van der Waals surface area contributed by atoms with Crippen LogP contribution in [0, 0.1) is 5.82 Å². The van der Waals surface area contributed by atoms with Gasteiger partial charge in [0, 0.05) is 16.5 Å². The van der Waals surface area contributed by atoms with Crippen LogP contribution in [-0.2, 0) is 6.54 Å². The Balaban J connectivity index is 1.72. The topological polar surface area (TPSA) is 61.2 Å². The second-order valence-corrected chi connectivity index (χ2v) is 7.02. The van der Waals surface area contributed by atoms with Gasteiger partial charge in [0.25, 0.3) is 5.56 Å². The predicted molar refractivity (Wildman–Crippen MR) is 107 cm³/mol. The van der Waals surface area contributed by atoms with E-state index < -0.39 is 5.82 Å². The summed E-state index contributed by atoms with van der Waals surface area (Å²) in [5.41, 5.74) is 1.69. The van der Waals surface area contributed by atoms with Gasteiger partial charge in [-0.25, -0.2) is 9.37 Å². The van der Waals surface area contributed by atoms with Crippen LogP contribution in [0.25, 0.3) is 21.3 Å². The van der Waals surface area contributed by atoms with E-state index in [0.717, 1.165) is 16.9 Å². The molecule has 0 unspecified atom stereocenters. The fraction of sp³-hybridized carbons (Fsp3) is 0.0952. The van der Waals surface area contributed by atoms with Crippen LogP contribution in [0.1, 0.15) is 10.4 Å². The number of nitrogens with zero attached hydrogens (tertiary/aromatic N) is 2. The van der Waals surface area contributed by atoms with Gasteiger partial charge in [-0.3, -0.25) is 14.2 Å². The Labute approximate surface area is 163 Å². The summed E-state index contributed by atoms with van der Waals surface area (Å²) < 4.78 is 19.5. The van der Waals surface area contributed by atoms with Crippen LogP contribution in [-0.4, -0.2) is 22.4 Å². The number of hydrogen-bond donors (Lipinski definition) is 0. The number of ether oxygens (including phenoxy) is 1. The number of ketones is 1. The largest absolute Gasteiger partial charge is 0.497 e. The first-order valence-corrected chi connectivity index (χ1v) is 9.34. The highest BCUT2D eigenvalue weighted by atomic mass is 32.1. The number of carbonyl (C=O) groups excluding carboxylic acids is 1. The van der Waals surface area contributed by atoms with Crippen LogP contribution in [0.3, 0.4) is 0 Å². The van der Waals surface area contributed by atoms with E-state index in [9.17, 15) is 14.0 Å². The molecule has 4 aromatic rings. The van der Waals surface area contributed by atoms with Gasteiger partial charge in [-0.15, -0.1) is 11.3 Å². The molecule has 0 saturated carbocycles. The van der Waals surface area contributed by atoms with Crippen LogP contribution < -0.4 is 10.3 Å². The minimum atomic E-state index is -0.417. The van der Waals surface area contributed by atoms with Gasteiger partial charge in [0.2, 0.25) is 0 Å². The fourth-order valence-corrected chi connectivity index (χ4v) is 3.85. The maximum Gasteiger partial charge on any atom is 0.263 e. The van der Waals surface area contributed by atoms with Crippen molar-refractivity contribution in [3.63, 3.8) is 0 Å². The second-order valence-electron chi connectivity index (χ2n) is 6.17. The average molecular weight is 394 g/mol. The molecule has 0 spiro atoms. The average Bonchev–Trinajstić information content (AvgIpc) is 3.15. The third kappa shape index (κ3) is 3.32. The summed E-state index contributed by atoms with van der Waals surface area (Å²) in [6, 6.07) is 12.7. The van der Waals surface area contributed by atoms with Gasteiger partial charge in [0.05, 0.1) is 25.4 Å². The smallest absolute Gasteiger partial charge is 0.263 e. The minimum Gasteiger partial charge on any atom is -0.497 e. The first-order valence-electron chi connectivity index (χ1n) is 8.46. The Bertz CT molecular complexity index is 1210. The predicted octanol–water partition coefficient (Wildman–Crippen LogP) is 4.16. The maximum atomic E-state index is 13.1. The quantitative estimate of drug-likeness (QED) is 0.477. The second kappa shape index (κ2) is 7.36. The molecule has 4 rings (SSSR count). The van der Waals surface area contributed by atoms with E-state index in [4.69, 9.17) is 4.74 Å². The molecule has 0 amide bonds. The number of hydrogen-bond acceptors (Lipinski definition) is 5. The molecule has 0 fully saturated rings. The minimum absolute atomic E-state index is 0.161. The van der Waals surface area contributed by atoms with Gasteiger partial charge in [-0.1, -0.05) is 12.1 Å². The molecule has 0 N–H and O–H groups in total. The number of thiophene rings is 1. The Morgan fingerprint density at radius 1 is 1.14 bits per heavy atom. The lowest BCUT2D eigenvalue weighted by molar-refractivity contribution is 0.0970. The summed E-state index contributed by atoms with van der Waals surface area (Å²) in [7, 11) is 1.59. The number of aromatic nitrogens is 2. The molecule has 5 nitrogen and oxygen atoms in total. The zero-order valence-electron chi connectivity index (χ0n) is 14.9. The van der Waals surface area contributed by atoms with Crippen molar-refractivity contribution in [2.75, 3.05) is 7.11 Å². The van der Waals surface area contributed by atoms with Crippen LogP contribution in [0.5, 0.6) is 5.75 Å². The molecule has 0 saturated heterocycles. The summed E-state index contributed by atoms with van der Waals surface area (Å²) in [4.78, 5) is 30.4. The molecule has 0 aliphatic rings. The highest BCUT2D eigenvalue weighted by Gasteiger charge is 2.15. The van der Waals surface area contributed by atoms with Crippen molar-refractivity contribution in [3.8, 4) is 16.9 Å². The lowest BCUT2D eigenvalue weighted by Gasteiger charge is -2.06. The third-order valence-corrected chi connectivity index (χ3v) is 5.33. The first kappa shape index (κ1) is 18.1. The van der Waals surface area contributed by atoms with Crippen LogP contribution in [0.15, 0.2) is 65.0 Å². The molecule has 2 aromatic carbocycles. The van der Waals surface area contributed by atoms with Crippen molar-refractivity contribution in [1.29, 1.82) is 0 Å².